The number of aromatic nitrogens is 2. The van der Waals surface area contributed by atoms with Gasteiger partial charge in [0.25, 0.3) is 0 Å². The first kappa shape index (κ1) is 13.9. The van der Waals surface area contributed by atoms with Crippen molar-refractivity contribution in [1.29, 1.82) is 0 Å². The zero-order valence-corrected chi connectivity index (χ0v) is 12.1. The molecule has 0 aromatic carbocycles. The van der Waals surface area contributed by atoms with Crippen LogP contribution < -0.4 is 15.4 Å². The van der Waals surface area contributed by atoms with Crippen LogP contribution in [0.1, 0.15) is 39.5 Å². The van der Waals surface area contributed by atoms with Crippen LogP contribution in [-0.4, -0.2) is 30.2 Å². The van der Waals surface area contributed by atoms with Gasteiger partial charge in [0.05, 0.1) is 7.11 Å². The van der Waals surface area contributed by atoms with Crippen molar-refractivity contribution in [2.24, 2.45) is 5.41 Å². The monoisotopic (exact) mass is 264 g/mol. The first-order valence-corrected chi connectivity index (χ1v) is 7.05. The van der Waals surface area contributed by atoms with Gasteiger partial charge in [-0.2, -0.15) is 0 Å². The molecule has 0 spiro atoms. The Kier molecular flexibility index (Phi) is 4.45. The van der Waals surface area contributed by atoms with Gasteiger partial charge in [-0.25, -0.2) is 9.97 Å². The minimum Gasteiger partial charge on any atom is -0.490 e. The van der Waals surface area contributed by atoms with Crippen LogP contribution in [0.15, 0.2) is 6.33 Å². The molecule has 0 atom stereocenters. The Morgan fingerprint density at radius 2 is 1.84 bits per heavy atom. The van der Waals surface area contributed by atoms with Gasteiger partial charge >= 0.3 is 0 Å². The van der Waals surface area contributed by atoms with Crippen LogP contribution in [0, 0.1) is 5.41 Å². The van der Waals surface area contributed by atoms with Crippen molar-refractivity contribution in [3.8, 4) is 5.75 Å². The van der Waals surface area contributed by atoms with Gasteiger partial charge in [-0.1, -0.05) is 19.8 Å². The highest BCUT2D eigenvalue weighted by Gasteiger charge is 2.28. The quantitative estimate of drug-likeness (QED) is 0.827. The molecule has 0 aliphatic heterocycles. The molecule has 1 heterocycles. The van der Waals surface area contributed by atoms with Crippen LogP contribution in [0.2, 0.25) is 0 Å². The molecule has 0 amide bonds. The van der Waals surface area contributed by atoms with Crippen molar-refractivity contribution in [1.82, 2.24) is 9.97 Å². The second kappa shape index (κ2) is 6.08. The Labute approximate surface area is 115 Å². The summed E-state index contributed by atoms with van der Waals surface area (Å²) in [4.78, 5) is 8.51. The van der Waals surface area contributed by atoms with E-state index in [1.807, 2.05) is 6.92 Å². The Hall–Kier alpha value is -1.52. The summed E-state index contributed by atoms with van der Waals surface area (Å²) < 4.78 is 5.43. The van der Waals surface area contributed by atoms with E-state index in [1.165, 1.54) is 25.7 Å². The SMILES string of the molecule is CCNc1ncnc(NCC2(C)CCCC2)c1OC. The van der Waals surface area contributed by atoms with Gasteiger partial charge in [-0.05, 0) is 25.2 Å². The van der Waals surface area contributed by atoms with Crippen LogP contribution in [0.5, 0.6) is 5.75 Å². The molecule has 0 radical (unpaired) electrons. The molecule has 106 valence electrons. The lowest BCUT2D eigenvalue weighted by Crippen LogP contribution is -2.23. The second-order valence-electron chi connectivity index (χ2n) is 5.51. The van der Waals surface area contributed by atoms with E-state index in [0.717, 1.165) is 24.7 Å². The number of hydrogen-bond donors (Lipinski definition) is 2. The number of nitrogens with one attached hydrogen (secondary N) is 2. The number of rotatable bonds is 6. The maximum Gasteiger partial charge on any atom is 0.204 e. The Balaban J connectivity index is 2.08. The van der Waals surface area contributed by atoms with Crippen LogP contribution in [0.25, 0.3) is 0 Å². The van der Waals surface area contributed by atoms with Crippen LogP contribution in [0.4, 0.5) is 11.6 Å². The minimum atomic E-state index is 0.383. The zero-order chi connectivity index (χ0) is 13.7. The van der Waals surface area contributed by atoms with Crippen molar-refractivity contribution >= 4 is 11.6 Å². The summed E-state index contributed by atoms with van der Waals surface area (Å²) in [5.74, 6) is 2.23. The second-order valence-corrected chi connectivity index (χ2v) is 5.51. The van der Waals surface area contributed by atoms with Gasteiger partial charge in [0.1, 0.15) is 6.33 Å². The van der Waals surface area contributed by atoms with Gasteiger partial charge in [0, 0.05) is 13.1 Å². The molecule has 0 unspecified atom stereocenters. The van der Waals surface area contributed by atoms with E-state index in [9.17, 15) is 0 Å². The largest absolute Gasteiger partial charge is 0.490 e. The lowest BCUT2D eigenvalue weighted by molar-refractivity contribution is 0.359. The lowest BCUT2D eigenvalue weighted by Gasteiger charge is -2.24. The summed E-state index contributed by atoms with van der Waals surface area (Å²) in [6, 6.07) is 0. The van der Waals surface area contributed by atoms with Gasteiger partial charge in [0.15, 0.2) is 11.6 Å². The molecule has 0 bridgehead atoms. The van der Waals surface area contributed by atoms with Gasteiger partial charge in [-0.15, -0.1) is 0 Å². The number of ether oxygens (including phenoxy) is 1. The normalized spacial score (nSPS) is 17.2. The van der Waals surface area contributed by atoms with Crippen molar-refractivity contribution in [3.63, 3.8) is 0 Å². The third-order valence-corrected chi connectivity index (χ3v) is 3.85. The average molecular weight is 264 g/mol. The standard InChI is InChI=1S/C14H24N4O/c1-4-15-12-11(19-3)13(18-10-17-12)16-9-14(2)7-5-6-8-14/h10H,4-9H2,1-3H3,(H2,15,16,17,18). The number of methoxy groups -OCH3 is 1. The van der Waals surface area contributed by atoms with E-state index in [-0.39, 0.29) is 0 Å². The molecule has 19 heavy (non-hydrogen) atoms. The molecular formula is C14H24N4O. The van der Waals surface area contributed by atoms with Crippen LogP contribution in [0.3, 0.4) is 0 Å². The van der Waals surface area contributed by atoms with E-state index < -0.39 is 0 Å². The van der Waals surface area contributed by atoms with Gasteiger partial charge < -0.3 is 15.4 Å². The fourth-order valence-corrected chi connectivity index (χ4v) is 2.69. The van der Waals surface area contributed by atoms with Gasteiger partial charge in [-0.3, -0.25) is 0 Å². The zero-order valence-electron chi connectivity index (χ0n) is 12.1. The number of anilines is 2. The van der Waals surface area contributed by atoms with Crippen molar-refractivity contribution in [3.05, 3.63) is 6.33 Å². The summed E-state index contributed by atoms with van der Waals surface area (Å²) in [6.07, 6.45) is 6.81. The number of nitrogens with zero attached hydrogens (tertiary/aromatic N) is 2. The van der Waals surface area contributed by atoms with Crippen molar-refractivity contribution < 1.29 is 4.74 Å². The molecule has 5 nitrogen and oxygen atoms in total. The lowest BCUT2D eigenvalue weighted by atomic mass is 9.89. The molecule has 1 aliphatic carbocycles. The summed E-state index contributed by atoms with van der Waals surface area (Å²) >= 11 is 0. The van der Waals surface area contributed by atoms with Crippen LogP contribution in [-0.2, 0) is 0 Å². The molecule has 2 rings (SSSR count). The molecular weight excluding hydrogens is 240 g/mol. The summed E-state index contributed by atoms with van der Waals surface area (Å²) in [6.45, 7) is 6.12. The van der Waals surface area contributed by atoms with E-state index in [2.05, 4.69) is 27.5 Å². The topological polar surface area (TPSA) is 59.1 Å². The highest BCUT2D eigenvalue weighted by atomic mass is 16.5. The maximum absolute atomic E-state index is 5.43. The smallest absolute Gasteiger partial charge is 0.204 e. The molecule has 1 aromatic heterocycles. The molecule has 1 saturated carbocycles. The Bertz CT molecular complexity index is 416. The predicted octanol–water partition coefficient (Wildman–Crippen LogP) is 2.91. The average Bonchev–Trinajstić information content (AvgIpc) is 2.84. The first-order chi connectivity index (χ1) is 9.18. The minimum absolute atomic E-state index is 0.383. The molecule has 1 aromatic rings. The van der Waals surface area contributed by atoms with Crippen molar-refractivity contribution in [2.75, 3.05) is 30.8 Å². The van der Waals surface area contributed by atoms with Crippen LogP contribution >= 0.6 is 0 Å². The molecule has 1 aliphatic rings. The first-order valence-electron chi connectivity index (χ1n) is 7.05. The predicted molar refractivity (Wildman–Crippen MR) is 77.8 cm³/mol. The summed E-state index contributed by atoms with van der Waals surface area (Å²) in [5, 5.41) is 6.62. The summed E-state index contributed by atoms with van der Waals surface area (Å²) in [7, 11) is 1.65. The fraction of sp³-hybridized carbons (Fsp3) is 0.714. The maximum atomic E-state index is 5.43. The highest BCUT2D eigenvalue weighted by molar-refractivity contribution is 5.63. The number of hydrogen-bond acceptors (Lipinski definition) is 5. The molecule has 2 N–H and O–H groups in total. The summed E-state index contributed by atoms with van der Waals surface area (Å²) in [5.41, 5.74) is 0.383. The van der Waals surface area contributed by atoms with E-state index in [1.54, 1.807) is 13.4 Å². The Morgan fingerprint density at radius 3 is 2.42 bits per heavy atom. The van der Waals surface area contributed by atoms with E-state index in [4.69, 9.17) is 4.74 Å². The van der Waals surface area contributed by atoms with E-state index >= 15 is 0 Å². The van der Waals surface area contributed by atoms with E-state index in [0.29, 0.717) is 11.2 Å². The molecule has 0 saturated heterocycles. The molecule has 5 heteroatoms. The highest BCUT2D eigenvalue weighted by Crippen LogP contribution is 2.38. The Morgan fingerprint density at radius 1 is 1.21 bits per heavy atom. The van der Waals surface area contributed by atoms with Gasteiger partial charge in [0.2, 0.25) is 5.75 Å². The third kappa shape index (κ3) is 3.28. The van der Waals surface area contributed by atoms with Crippen molar-refractivity contribution in [2.45, 2.75) is 39.5 Å². The fourth-order valence-electron chi connectivity index (χ4n) is 2.69. The molecule has 1 fully saturated rings. The third-order valence-electron chi connectivity index (χ3n) is 3.85.